The van der Waals surface area contributed by atoms with Gasteiger partial charge < -0.3 is 9.64 Å². The molecule has 1 aromatic carbocycles. The molecule has 0 N–H and O–H groups in total. The summed E-state index contributed by atoms with van der Waals surface area (Å²) in [5.41, 5.74) is -0.611. The number of carbonyl (C=O) groups is 1. The molecule has 154 valence electrons. The monoisotopic (exact) mass is 420 g/mol. The summed E-state index contributed by atoms with van der Waals surface area (Å²) in [5.74, 6) is -0.464. The largest absolute Gasteiger partial charge is 0.369 e. The molecule has 2 aliphatic heterocycles. The van der Waals surface area contributed by atoms with Crippen LogP contribution in [0.1, 0.15) is 18.4 Å². The lowest BCUT2D eigenvalue weighted by Gasteiger charge is -2.52. The number of aromatic nitrogens is 3. The number of ether oxygens (including phenoxy) is 1. The molecule has 2 aromatic rings. The fourth-order valence-corrected chi connectivity index (χ4v) is 6.29. The molecule has 8 nitrogen and oxygen atoms in total. The molecule has 1 amide bonds. The second kappa shape index (κ2) is 6.33. The van der Waals surface area contributed by atoms with Gasteiger partial charge in [0.15, 0.2) is 9.84 Å². The average molecular weight is 420 g/mol. The smallest absolute Gasteiger partial charge is 0.233 e. The third kappa shape index (κ3) is 3.14. The lowest BCUT2D eigenvalue weighted by Crippen LogP contribution is -2.71. The van der Waals surface area contributed by atoms with E-state index in [9.17, 15) is 17.6 Å². The van der Waals surface area contributed by atoms with Crippen LogP contribution in [-0.4, -0.2) is 70.3 Å². The Morgan fingerprint density at radius 2 is 1.97 bits per heavy atom. The molecule has 2 saturated heterocycles. The van der Waals surface area contributed by atoms with E-state index < -0.39 is 26.1 Å². The number of rotatable bonds is 4. The van der Waals surface area contributed by atoms with E-state index >= 15 is 0 Å². The fraction of sp³-hybridized carbons (Fsp3) is 0.526. The van der Waals surface area contributed by atoms with Gasteiger partial charge in [-0.3, -0.25) is 9.48 Å². The highest BCUT2D eigenvalue weighted by atomic mass is 32.2. The zero-order valence-corrected chi connectivity index (χ0v) is 16.5. The summed E-state index contributed by atoms with van der Waals surface area (Å²) < 4.78 is 46.2. The highest BCUT2D eigenvalue weighted by Gasteiger charge is 2.60. The molecule has 0 radical (unpaired) electrons. The highest BCUT2D eigenvalue weighted by Crippen LogP contribution is 2.51. The van der Waals surface area contributed by atoms with Crippen LogP contribution in [0.5, 0.6) is 0 Å². The maximum atomic E-state index is 13.2. The van der Waals surface area contributed by atoms with Gasteiger partial charge in [-0.1, -0.05) is 12.1 Å². The lowest BCUT2D eigenvalue weighted by molar-refractivity contribution is -0.167. The first-order valence-corrected chi connectivity index (χ1v) is 11.3. The van der Waals surface area contributed by atoms with Gasteiger partial charge in [-0.25, -0.2) is 17.8 Å². The van der Waals surface area contributed by atoms with E-state index in [4.69, 9.17) is 4.74 Å². The third-order valence-electron chi connectivity index (χ3n) is 6.21. The molecular formula is C19H21FN4O4S. The number of hydrogen-bond acceptors (Lipinski definition) is 6. The van der Waals surface area contributed by atoms with Crippen LogP contribution in [0.25, 0.3) is 0 Å². The van der Waals surface area contributed by atoms with Gasteiger partial charge in [0.05, 0.1) is 37.4 Å². The van der Waals surface area contributed by atoms with Crippen molar-refractivity contribution in [3.63, 3.8) is 0 Å². The predicted octanol–water partition coefficient (Wildman–Crippen LogP) is 0.544. The molecule has 0 bridgehead atoms. The predicted molar refractivity (Wildman–Crippen MR) is 100 cm³/mol. The minimum Gasteiger partial charge on any atom is -0.369 e. The fourth-order valence-electron chi connectivity index (χ4n) is 4.40. The van der Waals surface area contributed by atoms with Gasteiger partial charge >= 0.3 is 0 Å². The molecule has 1 saturated carbocycles. The van der Waals surface area contributed by atoms with Crippen LogP contribution in [0.3, 0.4) is 0 Å². The number of likely N-dealkylation sites (tertiary alicyclic amines) is 1. The molecule has 3 fully saturated rings. The number of sulfone groups is 1. The van der Waals surface area contributed by atoms with Crippen LogP contribution in [-0.2, 0) is 31.3 Å². The Bertz CT molecular complexity index is 1030. The molecule has 29 heavy (non-hydrogen) atoms. The number of benzene rings is 1. The maximum Gasteiger partial charge on any atom is 0.233 e. The Hall–Kier alpha value is -2.33. The third-order valence-corrected chi connectivity index (χ3v) is 8.44. The number of carbonyl (C=O) groups excluding carboxylic acids is 1. The number of halogens is 1. The number of nitrogens with zero attached hydrogens (tertiary/aromatic N) is 4. The van der Waals surface area contributed by atoms with Gasteiger partial charge in [0.1, 0.15) is 29.3 Å². The van der Waals surface area contributed by atoms with E-state index in [0.717, 1.165) is 18.4 Å². The van der Waals surface area contributed by atoms with Crippen molar-refractivity contribution in [3.8, 4) is 0 Å². The second-order valence-electron chi connectivity index (χ2n) is 8.29. The van der Waals surface area contributed by atoms with E-state index in [1.807, 2.05) is 0 Å². The van der Waals surface area contributed by atoms with E-state index in [2.05, 4.69) is 10.1 Å². The molecule has 10 heteroatoms. The summed E-state index contributed by atoms with van der Waals surface area (Å²) in [6.07, 6.45) is 4.29. The Morgan fingerprint density at radius 3 is 2.55 bits per heavy atom. The van der Waals surface area contributed by atoms with E-state index in [0.29, 0.717) is 0 Å². The maximum absolute atomic E-state index is 13.2. The minimum atomic E-state index is -3.39. The molecule has 0 unspecified atom stereocenters. The molecule has 3 heterocycles. The molecule has 3 aliphatic rings. The summed E-state index contributed by atoms with van der Waals surface area (Å²) >= 11 is 0. The van der Waals surface area contributed by atoms with Crippen LogP contribution in [0.2, 0.25) is 0 Å². The summed E-state index contributed by atoms with van der Waals surface area (Å²) in [6.45, 7) is 0.816. The quantitative estimate of drug-likeness (QED) is 0.717. The van der Waals surface area contributed by atoms with Crippen LogP contribution in [0, 0.1) is 5.82 Å². The highest BCUT2D eigenvalue weighted by molar-refractivity contribution is 7.92. The summed E-state index contributed by atoms with van der Waals surface area (Å²) in [5, 5.41) is 3.29. The normalized spacial score (nSPS) is 26.1. The Morgan fingerprint density at radius 1 is 1.24 bits per heavy atom. The van der Waals surface area contributed by atoms with Gasteiger partial charge in [-0.15, -0.1) is 0 Å². The zero-order chi connectivity index (χ0) is 20.3. The lowest BCUT2D eigenvalue weighted by atomic mass is 9.89. The molecule has 5 rings (SSSR count). The van der Waals surface area contributed by atoms with Crippen molar-refractivity contribution >= 4 is 15.7 Å². The van der Waals surface area contributed by atoms with Crippen LogP contribution in [0.4, 0.5) is 4.39 Å². The minimum absolute atomic E-state index is 0.0273. The van der Waals surface area contributed by atoms with Gasteiger partial charge in [0, 0.05) is 0 Å². The van der Waals surface area contributed by atoms with Gasteiger partial charge in [0.25, 0.3) is 0 Å². The topological polar surface area (TPSA) is 94.4 Å². The number of hydrogen-bond donors (Lipinski definition) is 0. The molecule has 1 atom stereocenters. The van der Waals surface area contributed by atoms with E-state index in [-0.39, 0.29) is 43.7 Å². The average Bonchev–Trinajstić information content (AvgIpc) is 3.30. The van der Waals surface area contributed by atoms with Crippen molar-refractivity contribution < 1.29 is 22.3 Å². The van der Waals surface area contributed by atoms with Crippen molar-refractivity contribution in [2.45, 2.75) is 35.7 Å². The first-order chi connectivity index (χ1) is 13.8. The van der Waals surface area contributed by atoms with Crippen molar-refractivity contribution in [3.05, 3.63) is 48.3 Å². The first kappa shape index (κ1) is 18.7. The summed E-state index contributed by atoms with van der Waals surface area (Å²) in [7, 11) is -3.39. The molecule has 1 aromatic heterocycles. The second-order valence-corrected chi connectivity index (χ2v) is 10.6. The SMILES string of the molecule is O=C(N1CC2(C1)CS(=O)(=O)[C@@H](Cn1cncn1)CO2)C1(c2ccc(F)cc2)CC1. The van der Waals surface area contributed by atoms with E-state index in [1.54, 1.807) is 17.0 Å². The molecule has 1 spiro atoms. The van der Waals surface area contributed by atoms with Crippen molar-refractivity contribution in [1.82, 2.24) is 19.7 Å². The standard InChI is InChI=1S/C19H21FN4O4S/c20-15-3-1-14(2-4-15)19(5-6-19)17(25)23-9-18(10-23)11-29(26,27)16(8-28-18)7-24-13-21-12-22-24/h1-4,12-13,16H,5-11H2/t16-/m0/s1. The Kier molecular flexibility index (Phi) is 4.08. The summed E-state index contributed by atoms with van der Waals surface area (Å²) in [4.78, 5) is 18.6. The van der Waals surface area contributed by atoms with Crippen LogP contribution < -0.4 is 0 Å². The van der Waals surface area contributed by atoms with Crippen molar-refractivity contribution in [2.75, 3.05) is 25.4 Å². The van der Waals surface area contributed by atoms with E-state index in [1.165, 1.54) is 29.5 Å². The van der Waals surface area contributed by atoms with Gasteiger partial charge in [0.2, 0.25) is 5.91 Å². The van der Waals surface area contributed by atoms with Gasteiger partial charge in [-0.2, -0.15) is 5.10 Å². The Balaban J connectivity index is 1.25. The van der Waals surface area contributed by atoms with Crippen molar-refractivity contribution in [1.29, 1.82) is 0 Å². The molecular weight excluding hydrogens is 399 g/mol. The van der Waals surface area contributed by atoms with Gasteiger partial charge in [-0.05, 0) is 30.5 Å². The zero-order valence-electron chi connectivity index (χ0n) is 15.7. The van der Waals surface area contributed by atoms with Crippen LogP contribution in [0.15, 0.2) is 36.9 Å². The Labute approximate surface area is 167 Å². The van der Waals surface area contributed by atoms with Crippen LogP contribution >= 0.6 is 0 Å². The molecule has 1 aliphatic carbocycles. The summed E-state index contributed by atoms with van der Waals surface area (Å²) in [6, 6.07) is 6.05. The first-order valence-electron chi connectivity index (χ1n) is 9.55. The number of amides is 1. The van der Waals surface area contributed by atoms with Crippen molar-refractivity contribution in [2.24, 2.45) is 0 Å².